The lowest BCUT2D eigenvalue weighted by molar-refractivity contribution is -0.113. The summed E-state index contributed by atoms with van der Waals surface area (Å²) in [5.41, 5.74) is 1.47. The first kappa shape index (κ1) is 23.6. The highest BCUT2D eigenvalue weighted by molar-refractivity contribution is 8.00. The van der Waals surface area contributed by atoms with Crippen molar-refractivity contribution in [1.29, 1.82) is 0 Å². The van der Waals surface area contributed by atoms with Crippen LogP contribution in [0.4, 0.5) is 11.4 Å². The van der Waals surface area contributed by atoms with Crippen molar-refractivity contribution in [1.82, 2.24) is 0 Å². The first-order chi connectivity index (χ1) is 15.7. The Morgan fingerprint density at radius 1 is 0.758 bits per heavy atom. The van der Waals surface area contributed by atoms with Gasteiger partial charge in [0.2, 0.25) is 5.91 Å². The fourth-order valence-corrected chi connectivity index (χ4v) is 3.57. The summed E-state index contributed by atoms with van der Waals surface area (Å²) in [6, 6.07) is 17.5. The first-order valence-corrected chi connectivity index (χ1v) is 10.7. The van der Waals surface area contributed by atoms with Gasteiger partial charge in [-0.15, -0.1) is 11.8 Å². The molecule has 3 aromatic carbocycles. The lowest BCUT2D eigenvalue weighted by atomic mass is 10.0. The summed E-state index contributed by atoms with van der Waals surface area (Å²) < 4.78 is 0. The number of rotatable bonds is 8. The van der Waals surface area contributed by atoms with Crippen LogP contribution in [-0.2, 0) is 4.79 Å². The molecule has 4 N–H and O–H groups in total. The number of aryl methyl sites for hydroxylation is 1. The second-order valence-corrected chi connectivity index (χ2v) is 8.10. The van der Waals surface area contributed by atoms with E-state index in [1.54, 1.807) is 24.3 Å². The van der Waals surface area contributed by atoms with Crippen LogP contribution < -0.4 is 10.6 Å². The molecule has 0 heterocycles. The van der Waals surface area contributed by atoms with E-state index in [0.717, 1.165) is 22.2 Å². The SMILES string of the molecule is Cc1ccc(NC(=O)CSc2ccc(NC(=O)c3ccc(C(=O)O)cc3C(=O)O)cc2)cc1. The van der Waals surface area contributed by atoms with Gasteiger partial charge >= 0.3 is 11.9 Å². The van der Waals surface area contributed by atoms with Crippen LogP contribution in [0.5, 0.6) is 0 Å². The van der Waals surface area contributed by atoms with Gasteiger partial charge in [0.25, 0.3) is 5.91 Å². The Labute approximate surface area is 193 Å². The summed E-state index contributed by atoms with van der Waals surface area (Å²) in [6.07, 6.45) is 0. The Morgan fingerprint density at radius 2 is 1.36 bits per heavy atom. The molecule has 33 heavy (non-hydrogen) atoms. The predicted molar refractivity (Wildman–Crippen MR) is 125 cm³/mol. The van der Waals surface area contributed by atoms with Gasteiger partial charge < -0.3 is 20.8 Å². The van der Waals surface area contributed by atoms with Gasteiger partial charge in [-0.3, -0.25) is 9.59 Å². The lowest BCUT2D eigenvalue weighted by Crippen LogP contribution is -2.17. The quantitative estimate of drug-likeness (QED) is 0.364. The van der Waals surface area contributed by atoms with E-state index in [4.69, 9.17) is 5.11 Å². The fraction of sp³-hybridized carbons (Fsp3) is 0.0833. The zero-order chi connectivity index (χ0) is 24.0. The molecule has 9 heteroatoms. The van der Waals surface area contributed by atoms with E-state index in [0.29, 0.717) is 5.69 Å². The average Bonchev–Trinajstić information content (AvgIpc) is 2.79. The number of carboxylic acids is 2. The minimum Gasteiger partial charge on any atom is -0.478 e. The van der Waals surface area contributed by atoms with Crippen molar-refractivity contribution in [2.75, 3.05) is 16.4 Å². The number of hydrogen-bond donors (Lipinski definition) is 4. The highest BCUT2D eigenvalue weighted by atomic mass is 32.2. The normalized spacial score (nSPS) is 10.3. The zero-order valence-corrected chi connectivity index (χ0v) is 18.3. The third-order valence-corrected chi connectivity index (χ3v) is 5.57. The maximum atomic E-state index is 12.5. The molecule has 0 bridgehead atoms. The molecule has 0 fully saturated rings. The number of hydrogen-bond acceptors (Lipinski definition) is 5. The highest BCUT2D eigenvalue weighted by Crippen LogP contribution is 2.22. The van der Waals surface area contributed by atoms with Crippen LogP contribution in [0.3, 0.4) is 0 Å². The summed E-state index contributed by atoms with van der Waals surface area (Å²) >= 11 is 1.33. The van der Waals surface area contributed by atoms with E-state index in [1.807, 2.05) is 31.2 Å². The molecule has 0 atom stereocenters. The average molecular weight is 464 g/mol. The minimum atomic E-state index is -1.40. The van der Waals surface area contributed by atoms with Crippen LogP contribution in [-0.4, -0.2) is 39.7 Å². The third-order valence-electron chi connectivity index (χ3n) is 4.56. The van der Waals surface area contributed by atoms with Crippen LogP contribution in [0.2, 0.25) is 0 Å². The van der Waals surface area contributed by atoms with Crippen molar-refractivity contribution in [3.8, 4) is 0 Å². The summed E-state index contributed by atoms with van der Waals surface area (Å²) in [4.78, 5) is 48.0. The Morgan fingerprint density at radius 3 is 1.97 bits per heavy atom. The summed E-state index contributed by atoms with van der Waals surface area (Å²) in [5, 5.41) is 23.8. The van der Waals surface area contributed by atoms with E-state index in [2.05, 4.69) is 10.6 Å². The number of anilines is 2. The maximum absolute atomic E-state index is 12.5. The monoisotopic (exact) mass is 464 g/mol. The van der Waals surface area contributed by atoms with Crippen molar-refractivity contribution in [2.24, 2.45) is 0 Å². The molecule has 8 nitrogen and oxygen atoms in total. The van der Waals surface area contributed by atoms with Gasteiger partial charge in [0, 0.05) is 16.3 Å². The van der Waals surface area contributed by atoms with Gasteiger partial charge in [-0.1, -0.05) is 17.7 Å². The van der Waals surface area contributed by atoms with Gasteiger partial charge in [0.15, 0.2) is 0 Å². The molecule has 0 radical (unpaired) electrons. The fourth-order valence-electron chi connectivity index (χ4n) is 2.87. The highest BCUT2D eigenvalue weighted by Gasteiger charge is 2.19. The second-order valence-electron chi connectivity index (χ2n) is 7.05. The largest absolute Gasteiger partial charge is 0.478 e. The van der Waals surface area contributed by atoms with Gasteiger partial charge in [0.1, 0.15) is 0 Å². The first-order valence-electron chi connectivity index (χ1n) is 9.74. The zero-order valence-electron chi connectivity index (χ0n) is 17.5. The molecule has 3 rings (SSSR count). The Bertz CT molecular complexity index is 1210. The summed E-state index contributed by atoms with van der Waals surface area (Å²) in [5.74, 6) is -3.31. The van der Waals surface area contributed by atoms with Gasteiger partial charge in [-0.25, -0.2) is 9.59 Å². The van der Waals surface area contributed by atoms with Crippen molar-refractivity contribution in [3.63, 3.8) is 0 Å². The van der Waals surface area contributed by atoms with Crippen LogP contribution in [0.25, 0.3) is 0 Å². The molecule has 0 saturated carbocycles. The van der Waals surface area contributed by atoms with Crippen molar-refractivity contribution in [3.05, 3.63) is 89.0 Å². The van der Waals surface area contributed by atoms with Crippen LogP contribution in [0.1, 0.15) is 36.6 Å². The third kappa shape index (κ3) is 6.44. The van der Waals surface area contributed by atoms with Crippen LogP contribution >= 0.6 is 11.8 Å². The smallest absolute Gasteiger partial charge is 0.336 e. The molecule has 0 saturated heterocycles. The molecule has 0 aromatic heterocycles. The van der Waals surface area contributed by atoms with E-state index >= 15 is 0 Å². The number of carboxylic acid groups (broad SMARTS) is 2. The summed E-state index contributed by atoms with van der Waals surface area (Å²) in [7, 11) is 0. The molecule has 0 aliphatic heterocycles. The Hall–Kier alpha value is -4.11. The predicted octanol–water partition coefficient (Wildman–Crippen LogP) is 4.37. The molecular formula is C24H20N2O6S. The lowest BCUT2D eigenvalue weighted by Gasteiger charge is -2.10. The molecule has 0 spiro atoms. The summed E-state index contributed by atoms with van der Waals surface area (Å²) in [6.45, 7) is 1.97. The van der Waals surface area contributed by atoms with Crippen LogP contribution in [0, 0.1) is 6.92 Å². The van der Waals surface area contributed by atoms with Crippen LogP contribution in [0.15, 0.2) is 71.6 Å². The Balaban J connectivity index is 1.59. The molecule has 0 aliphatic rings. The minimum absolute atomic E-state index is 0.146. The maximum Gasteiger partial charge on any atom is 0.336 e. The molecule has 0 unspecified atom stereocenters. The van der Waals surface area contributed by atoms with Gasteiger partial charge in [-0.05, 0) is 61.5 Å². The number of nitrogens with one attached hydrogen (secondary N) is 2. The van der Waals surface area contributed by atoms with Crippen molar-refractivity contribution < 1.29 is 29.4 Å². The van der Waals surface area contributed by atoms with E-state index in [9.17, 15) is 24.3 Å². The van der Waals surface area contributed by atoms with E-state index in [1.165, 1.54) is 23.9 Å². The number of aromatic carboxylic acids is 2. The molecular weight excluding hydrogens is 444 g/mol. The second kappa shape index (κ2) is 10.5. The molecule has 2 amide bonds. The number of thioether (sulfide) groups is 1. The number of amides is 2. The van der Waals surface area contributed by atoms with Gasteiger partial charge in [0.05, 0.1) is 22.4 Å². The topological polar surface area (TPSA) is 133 Å². The van der Waals surface area contributed by atoms with Gasteiger partial charge in [-0.2, -0.15) is 0 Å². The Kier molecular flexibility index (Phi) is 7.47. The number of carbonyl (C=O) groups excluding carboxylic acids is 2. The number of carbonyl (C=O) groups is 4. The van der Waals surface area contributed by atoms with E-state index in [-0.39, 0.29) is 22.8 Å². The standard InChI is InChI=1S/C24H20N2O6S/c1-14-2-5-16(6-3-14)25-21(27)13-33-18-9-7-17(8-10-18)26-22(28)19-11-4-15(23(29)30)12-20(19)24(31)32/h2-12H,13H2,1H3,(H,25,27)(H,26,28)(H,29,30)(H,31,32). The van der Waals surface area contributed by atoms with Crippen molar-refractivity contribution in [2.45, 2.75) is 11.8 Å². The molecule has 0 aliphatic carbocycles. The number of benzene rings is 3. The van der Waals surface area contributed by atoms with Crippen molar-refractivity contribution >= 4 is 46.9 Å². The van der Waals surface area contributed by atoms with E-state index < -0.39 is 23.4 Å². The molecule has 168 valence electrons. The molecule has 3 aromatic rings.